The van der Waals surface area contributed by atoms with Crippen molar-refractivity contribution in [1.82, 2.24) is 10.2 Å². The molecule has 2 fully saturated rings. The molecule has 18 heavy (non-hydrogen) atoms. The van der Waals surface area contributed by atoms with Gasteiger partial charge in [-0.15, -0.1) is 0 Å². The predicted molar refractivity (Wildman–Crippen MR) is 77.9 cm³/mol. The number of hydrogen-bond acceptors (Lipinski definition) is 3. The van der Waals surface area contributed by atoms with Crippen LogP contribution in [0.4, 0.5) is 0 Å². The first-order valence-corrected chi connectivity index (χ1v) is 8.00. The molecule has 0 radical (unpaired) electrons. The normalized spacial score (nSPS) is 31.9. The lowest BCUT2D eigenvalue weighted by atomic mass is 9.75. The number of nitrogens with one attached hydrogen (secondary N) is 1. The number of thioether (sulfide) groups is 1. The van der Waals surface area contributed by atoms with Crippen molar-refractivity contribution >= 4 is 17.7 Å². The minimum Gasteiger partial charge on any atom is -0.340 e. The van der Waals surface area contributed by atoms with Crippen molar-refractivity contribution in [2.45, 2.75) is 38.9 Å². The fourth-order valence-electron chi connectivity index (χ4n) is 3.14. The van der Waals surface area contributed by atoms with Gasteiger partial charge in [0.1, 0.15) is 0 Å². The van der Waals surface area contributed by atoms with Gasteiger partial charge < -0.3 is 10.2 Å². The summed E-state index contributed by atoms with van der Waals surface area (Å²) in [5, 5.41) is 3.38. The average Bonchev–Trinajstić information content (AvgIpc) is 2.76. The van der Waals surface area contributed by atoms with Gasteiger partial charge >= 0.3 is 0 Å². The SMILES string of the molecule is CC(C)C1(C(=O)N2CCSC(C)(C)C2)CCNC1. The highest BCUT2D eigenvalue weighted by Gasteiger charge is 2.47. The molecule has 0 aromatic rings. The first-order valence-electron chi connectivity index (χ1n) is 7.01. The summed E-state index contributed by atoms with van der Waals surface area (Å²) in [7, 11) is 0. The third kappa shape index (κ3) is 2.55. The van der Waals surface area contributed by atoms with Crippen LogP contribution in [0, 0.1) is 11.3 Å². The van der Waals surface area contributed by atoms with Crippen LogP contribution in [0.2, 0.25) is 0 Å². The zero-order valence-corrected chi connectivity index (χ0v) is 12.9. The van der Waals surface area contributed by atoms with Crippen LogP contribution in [0.25, 0.3) is 0 Å². The van der Waals surface area contributed by atoms with E-state index in [1.54, 1.807) is 0 Å². The van der Waals surface area contributed by atoms with Crippen molar-refractivity contribution in [3.63, 3.8) is 0 Å². The fourth-order valence-corrected chi connectivity index (χ4v) is 4.25. The second-order valence-corrected chi connectivity index (χ2v) is 8.37. The van der Waals surface area contributed by atoms with E-state index in [1.165, 1.54) is 0 Å². The molecule has 2 rings (SSSR count). The van der Waals surface area contributed by atoms with Crippen LogP contribution in [0.1, 0.15) is 34.1 Å². The number of carbonyl (C=O) groups excluding carboxylic acids is 1. The maximum Gasteiger partial charge on any atom is 0.230 e. The van der Waals surface area contributed by atoms with Gasteiger partial charge in [-0.1, -0.05) is 13.8 Å². The monoisotopic (exact) mass is 270 g/mol. The topological polar surface area (TPSA) is 32.3 Å². The van der Waals surface area contributed by atoms with Crippen molar-refractivity contribution in [2.75, 3.05) is 31.9 Å². The van der Waals surface area contributed by atoms with Gasteiger partial charge in [0.2, 0.25) is 5.91 Å². The summed E-state index contributed by atoms with van der Waals surface area (Å²) >= 11 is 1.98. The molecule has 1 atom stereocenters. The van der Waals surface area contributed by atoms with E-state index in [4.69, 9.17) is 0 Å². The molecule has 1 amide bonds. The van der Waals surface area contributed by atoms with Gasteiger partial charge in [-0.25, -0.2) is 0 Å². The highest BCUT2D eigenvalue weighted by Crippen LogP contribution is 2.38. The van der Waals surface area contributed by atoms with Crippen LogP contribution in [-0.2, 0) is 4.79 Å². The zero-order chi connectivity index (χ0) is 13.4. The van der Waals surface area contributed by atoms with Crippen LogP contribution in [0.3, 0.4) is 0 Å². The highest BCUT2D eigenvalue weighted by molar-refractivity contribution is 8.00. The molecule has 2 heterocycles. The summed E-state index contributed by atoms with van der Waals surface area (Å²) in [6.45, 7) is 12.5. The predicted octanol–water partition coefficient (Wildman–Crippen LogP) is 1.98. The Labute approximate surface area is 115 Å². The Kier molecular flexibility index (Phi) is 3.98. The molecule has 1 unspecified atom stereocenters. The minimum atomic E-state index is -0.155. The molecule has 2 saturated heterocycles. The van der Waals surface area contributed by atoms with Crippen molar-refractivity contribution in [1.29, 1.82) is 0 Å². The van der Waals surface area contributed by atoms with E-state index in [2.05, 4.69) is 37.9 Å². The van der Waals surface area contributed by atoms with Crippen LogP contribution >= 0.6 is 11.8 Å². The van der Waals surface area contributed by atoms with Gasteiger partial charge in [-0.2, -0.15) is 11.8 Å². The van der Waals surface area contributed by atoms with Gasteiger partial charge in [0.25, 0.3) is 0 Å². The molecule has 0 saturated carbocycles. The van der Waals surface area contributed by atoms with E-state index in [0.717, 1.165) is 38.4 Å². The Bertz CT molecular complexity index is 322. The van der Waals surface area contributed by atoms with Crippen LogP contribution < -0.4 is 5.32 Å². The van der Waals surface area contributed by atoms with E-state index in [1.807, 2.05) is 11.8 Å². The molecule has 2 aliphatic heterocycles. The van der Waals surface area contributed by atoms with Crippen LogP contribution in [0.15, 0.2) is 0 Å². The van der Waals surface area contributed by atoms with Gasteiger partial charge in [-0.05, 0) is 32.7 Å². The standard InChI is InChI=1S/C14H26N2OS/c1-11(2)14(5-6-15-9-14)12(17)16-7-8-18-13(3,4)10-16/h11,15H,5-10H2,1-4H3. The fraction of sp³-hybridized carbons (Fsp3) is 0.929. The van der Waals surface area contributed by atoms with Gasteiger partial charge in [0, 0.05) is 30.1 Å². The Hall–Kier alpha value is -0.220. The maximum atomic E-state index is 12.9. The lowest BCUT2D eigenvalue weighted by molar-refractivity contribution is -0.144. The number of amides is 1. The van der Waals surface area contributed by atoms with Crippen molar-refractivity contribution in [3.05, 3.63) is 0 Å². The molecule has 4 heteroatoms. The zero-order valence-electron chi connectivity index (χ0n) is 12.1. The number of nitrogens with zero attached hydrogens (tertiary/aromatic N) is 1. The molecule has 0 spiro atoms. The number of carbonyl (C=O) groups is 1. The second kappa shape index (κ2) is 5.04. The summed E-state index contributed by atoms with van der Waals surface area (Å²) in [6, 6.07) is 0. The maximum absolute atomic E-state index is 12.9. The highest BCUT2D eigenvalue weighted by atomic mass is 32.2. The number of hydrogen-bond donors (Lipinski definition) is 1. The van der Waals surface area contributed by atoms with Crippen molar-refractivity contribution in [3.8, 4) is 0 Å². The molecular weight excluding hydrogens is 244 g/mol. The van der Waals surface area contributed by atoms with Gasteiger partial charge in [0.15, 0.2) is 0 Å². The van der Waals surface area contributed by atoms with Crippen molar-refractivity contribution < 1.29 is 4.79 Å². The van der Waals surface area contributed by atoms with E-state index < -0.39 is 0 Å². The smallest absolute Gasteiger partial charge is 0.230 e. The molecule has 104 valence electrons. The average molecular weight is 270 g/mol. The lowest BCUT2D eigenvalue weighted by Crippen LogP contribution is -2.54. The minimum absolute atomic E-state index is 0.155. The first kappa shape index (κ1) is 14.2. The molecule has 0 bridgehead atoms. The quantitative estimate of drug-likeness (QED) is 0.833. The third-order valence-electron chi connectivity index (χ3n) is 4.43. The largest absolute Gasteiger partial charge is 0.340 e. The Balaban J connectivity index is 2.14. The molecule has 1 N–H and O–H groups in total. The van der Waals surface area contributed by atoms with Crippen LogP contribution in [0.5, 0.6) is 0 Å². The molecule has 0 aliphatic carbocycles. The molecule has 0 aromatic heterocycles. The Morgan fingerprint density at radius 1 is 1.39 bits per heavy atom. The molecular formula is C14H26N2OS. The summed E-state index contributed by atoms with van der Waals surface area (Å²) in [4.78, 5) is 15.0. The number of rotatable bonds is 2. The van der Waals surface area contributed by atoms with Crippen molar-refractivity contribution in [2.24, 2.45) is 11.3 Å². The van der Waals surface area contributed by atoms with E-state index >= 15 is 0 Å². The molecule has 2 aliphatic rings. The van der Waals surface area contributed by atoms with Gasteiger partial charge in [0.05, 0.1) is 5.41 Å². The summed E-state index contributed by atoms with van der Waals surface area (Å²) in [6.07, 6.45) is 0.994. The molecule has 3 nitrogen and oxygen atoms in total. The second-order valence-electron chi connectivity index (χ2n) is 6.57. The van der Waals surface area contributed by atoms with E-state index in [-0.39, 0.29) is 10.2 Å². The summed E-state index contributed by atoms with van der Waals surface area (Å²) < 4.78 is 0.206. The first-order chi connectivity index (χ1) is 8.37. The Morgan fingerprint density at radius 2 is 2.11 bits per heavy atom. The summed E-state index contributed by atoms with van der Waals surface area (Å²) in [5.41, 5.74) is -0.155. The van der Waals surface area contributed by atoms with Crippen LogP contribution in [-0.4, -0.2) is 47.5 Å². The summed E-state index contributed by atoms with van der Waals surface area (Å²) in [5.74, 6) is 1.87. The third-order valence-corrected chi connectivity index (χ3v) is 5.73. The van der Waals surface area contributed by atoms with E-state index in [9.17, 15) is 4.79 Å². The Morgan fingerprint density at radius 3 is 2.61 bits per heavy atom. The van der Waals surface area contributed by atoms with E-state index in [0.29, 0.717) is 11.8 Å². The lowest BCUT2D eigenvalue weighted by Gasteiger charge is -2.43. The molecule has 0 aromatic carbocycles. The van der Waals surface area contributed by atoms with Gasteiger partial charge in [-0.3, -0.25) is 4.79 Å².